The molecule has 0 radical (unpaired) electrons. The lowest BCUT2D eigenvalue weighted by molar-refractivity contribution is -0.274. The second-order valence-electron chi connectivity index (χ2n) is 5.82. The van der Waals surface area contributed by atoms with Crippen LogP contribution in [0.4, 0.5) is 13.2 Å². The van der Waals surface area contributed by atoms with E-state index in [0.29, 0.717) is 22.6 Å². The van der Waals surface area contributed by atoms with Crippen LogP contribution in [0.5, 0.6) is 17.2 Å². The Morgan fingerprint density at radius 1 is 0.821 bits per heavy atom. The van der Waals surface area contributed by atoms with Crippen LogP contribution in [0.1, 0.15) is 15.9 Å². The third kappa shape index (κ3) is 5.77. The van der Waals surface area contributed by atoms with Gasteiger partial charge in [0, 0.05) is 12.1 Å². The maximum atomic E-state index is 12.3. The molecule has 0 saturated carbocycles. The third-order valence-corrected chi connectivity index (χ3v) is 3.68. The Labute approximate surface area is 159 Å². The molecule has 3 rings (SSSR count). The second-order valence-corrected chi connectivity index (χ2v) is 5.82. The van der Waals surface area contributed by atoms with E-state index in [9.17, 15) is 18.0 Å². The van der Waals surface area contributed by atoms with Gasteiger partial charge in [-0.1, -0.05) is 30.3 Å². The predicted octanol–water partition coefficient (Wildman–Crippen LogP) is 5.31. The van der Waals surface area contributed by atoms with Gasteiger partial charge in [-0.25, -0.2) is 0 Å². The first-order chi connectivity index (χ1) is 13.4. The standard InChI is InChI=1S/C21H16F3NO3/c22-21(23,24)28-19-8-4-5-15(13-19)14-25-20(26)16-9-11-18(12-10-16)27-17-6-2-1-3-7-17/h1-13H,14H2,(H,25,26). The fraction of sp³-hybridized carbons (Fsp3) is 0.0952. The molecule has 0 unspecified atom stereocenters. The van der Waals surface area contributed by atoms with Gasteiger partial charge in [-0.05, 0) is 54.1 Å². The molecule has 0 aliphatic carbocycles. The molecule has 0 fully saturated rings. The summed E-state index contributed by atoms with van der Waals surface area (Å²) >= 11 is 0. The van der Waals surface area contributed by atoms with Crippen LogP contribution in [-0.2, 0) is 6.54 Å². The first-order valence-electron chi connectivity index (χ1n) is 8.35. The molecule has 4 nitrogen and oxygen atoms in total. The number of para-hydroxylation sites is 1. The summed E-state index contributed by atoms with van der Waals surface area (Å²) in [5.74, 6) is 0.579. The highest BCUT2D eigenvalue weighted by atomic mass is 19.4. The summed E-state index contributed by atoms with van der Waals surface area (Å²) in [6.07, 6.45) is -4.76. The van der Waals surface area contributed by atoms with Gasteiger partial charge in [0.05, 0.1) is 0 Å². The number of carbonyl (C=O) groups is 1. The molecule has 0 atom stereocenters. The minimum atomic E-state index is -4.76. The Hall–Kier alpha value is -3.48. The highest BCUT2D eigenvalue weighted by Gasteiger charge is 2.31. The number of halogens is 3. The van der Waals surface area contributed by atoms with E-state index in [1.807, 2.05) is 30.3 Å². The topological polar surface area (TPSA) is 47.6 Å². The van der Waals surface area contributed by atoms with Crippen molar-refractivity contribution in [2.75, 3.05) is 0 Å². The molecule has 144 valence electrons. The average molecular weight is 387 g/mol. The number of alkyl halides is 3. The van der Waals surface area contributed by atoms with E-state index >= 15 is 0 Å². The molecule has 0 spiro atoms. The summed E-state index contributed by atoms with van der Waals surface area (Å²) < 4.78 is 46.4. The van der Waals surface area contributed by atoms with Crippen molar-refractivity contribution < 1.29 is 27.4 Å². The van der Waals surface area contributed by atoms with Gasteiger partial charge in [-0.15, -0.1) is 13.2 Å². The zero-order valence-electron chi connectivity index (χ0n) is 14.6. The van der Waals surface area contributed by atoms with Crippen LogP contribution in [0.2, 0.25) is 0 Å². The molecule has 3 aromatic rings. The van der Waals surface area contributed by atoms with Crippen LogP contribution in [0, 0.1) is 0 Å². The number of amides is 1. The van der Waals surface area contributed by atoms with Crippen molar-refractivity contribution in [2.24, 2.45) is 0 Å². The molecule has 0 saturated heterocycles. The molecule has 0 aromatic heterocycles. The number of hydrogen-bond acceptors (Lipinski definition) is 3. The lowest BCUT2D eigenvalue weighted by atomic mass is 10.2. The van der Waals surface area contributed by atoms with Crippen LogP contribution in [0.25, 0.3) is 0 Å². The molecule has 0 aliphatic heterocycles. The van der Waals surface area contributed by atoms with E-state index < -0.39 is 6.36 Å². The van der Waals surface area contributed by atoms with Crippen molar-refractivity contribution in [3.63, 3.8) is 0 Å². The number of benzene rings is 3. The molecule has 3 aromatic carbocycles. The lowest BCUT2D eigenvalue weighted by Gasteiger charge is -2.11. The average Bonchev–Trinajstić information content (AvgIpc) is 2.66. The van der Waals surface area contributed by atoms with Crippen molar-refractivity contribution in [3.05, 3.63) is 90.0 Å². The van der Waals surface area contributed by atoms with E-state index in [2.05, 4.69) is 10.1 Å². The van der Waals surface area contributed by atoms with Gasteiger partial charge in [0.1, 0.15) is 17.2 Å². The molecule has 1 N–H and O–H groups in total. The van der Waals surface area contributed by atoms with Gasteiger partial charge in [-0.3, -0.25) is 4.79 Å². The van der Waals surface area contributed by atoms with Crippen molar-refractivity contribution in [1.82, 2.24) is 5.32 Å². The molecule has 28 heavy (non-hydrogen) atoms. The van der Waals surface area contributed by atoms with Crippen LogP contribution in [0.3, 0.4) is 0 Å². The molecular formula is C21H16F3NO3. The minimum absolute atomic E-state index is 0.0656. The van der Waals surface area contributed by atoms with Crippen molar-refractivity contribution in [3.8, 4) is 17.2 Å². The smallest absolute Gasteiger partial charge is 0.457 e. The number of carbonyl (C=O) groups excluding carboxylic acids is 1. The Bertz CT molecular complexity index is 926. The largest absolute Gasteiger partial charge is 0.573 e. The molecule has 0 aliphatic rings. The van der Waals surface area contributed by atoms with E-state index in [1.54, 1.807) is 30.3 Å². The van der Waals surface area contributed by atoms with Crippen molar-refractivity contribution in [1.29, 1.82) is 0 Å². The van der Waals surface area contributed by atoms with Gasteiger partial charge < -0.3 is 14.8 Å². The summed E-state index contributed by atoms with van der Waals surface area (Å²) in [5, 5.41) is 2.66. The number of ether oxygens (including phenoxy) is 2. The minimum Gasteiger partial charge on any atom is -0.457 e. The quantitative estimate of drug-likeness (QED) is 0.624. The van der Waals surface area contributed by atoms with Crippen molar-refractivity contribution in [2.45, 2.75) is 12.9 Å². The summed E-state index contributed by atoms with van der Waals surface area (Å²) in [6, 6.07) is 21.2. The number of hydrogen-bond donors (Lipinski definition) is 1. The van der Waals surface area contributed by atoms with Crippen LogP contribution in [-0.4, -0.2) is 12.3 Å². The van der Waals surface area contributed by atoms with Crippen LogP contribution < -0.4 is 14.8 Å². The van der Waals surface area contributed by atoms with E-state index in [0.717, 1.165) is 0 Å². The Morgan fingerprint density at radius 2 is 1.46 bits per heavy atom. The van der Waals surface area contributed by atoms with Crippen LogP contribution >= 0.6 is 0 Å². The van der Waals surface area contributed by atoms with Gasteiger partial charge in [0.25, 0.3) is 5.91 Å². The van der Waals surface area contributed by atoms with E-state index in [-0.39, 0.29) is 18.2 Å². The van der Waals surface area contributed by atoms with Gasteiger partial charge >= 0.3 is 6.36 Å². The normalized spacial score (nSPS) is 11.0. The summed E-state index contributed by atoms with van der Waals surface area (Å²) in [7, 11) is 0. The summed E-state index contributed by atoms with van der Waals surface area (Å²) in [6.45, 7) is 0.0656. The highest BCUT2D eigenvalue weighted by molar-refractivity contribution is 5.94. The zero-order valence-corrected chi connectivity index (χ0v) is 14.6. The van der Waals surface area contributed by atoms with Gasteiger partial charge in [0.2, 0.25) is 0 Å². The second kappa shape index (κ2) is 8.47. The summed E-state index contributed by atoms with van der Waals surface area (Å²) in [5.41, 5.74) is 0.891. The number of nitrogens with one attached hydrogen (secondary N) is 1. The fourth-order valence-corrected chi connectivity index (χ4v) is 2.44. The van der Waals surface area contributed by atoms with E-state index in [1.165, 1.54) is 18.2 Å². The summed E-state index contributed by atoms with van der Waals surface area (Å²) in [4.78, 5) is 12.2. The molecular weight excluding hydrogens is 371 g/mol. The van der Waals surface area contributed by atoms with E-state index in [4.69, 9.17) is 4.74 Å². The van der Waals surface area contributed by atoms with Crippen molar-refractivity contribution >= 4 is 5.91 Å². The molecule has 7 heteroatoms. The monoisotopic (exact) mass is 387 g/mol. The highest BCUT2D eigenvalue weighted by Crippen LogP contribution is 2.24. The van der Waals surface area contributed by atoms with Gasteiger partial charge in [0.15, 0.2) is 0 Å². The Kier molecular flexibility index (Phi) is 5.84. The Morgan fingerprint density at radius 3 is 2.14 bits per heavy atom. The fourth-order valence-electron chi connectivity index (χ4n) is 2.44. The van der Waals surface area contributed by atoms with Gasteiger partial charge in [-0.2, -0.15) is 0 Å². The lowest BCUT2D eigenvalue weighted by Crippen LogP contribution is -2.23. The molecule has 0 bridgehead atoms. The van der Waals surface area contributed by atoms with Crippen LogP contribution in [0.15, 0.2) is 78.9 Å². The first kappa shape index (κ1) is 19.3. The maximum Gasteiger partial charge on any atom is 0.573 e. The molecule has 1 amide bonds. The predicted molar refractivity (Wildman–Crippen MR) is 97.3 cm³/mol. The first-order valence-corrected chi connectivity index (χ1v) is 8.35. The molecule has 0 heterocycles. The SMILES string of the molecule is O=C(NCc1cccc(OC(F)(F)F)c1)c1ccc(Oc2ccccc2)cc1. The maximum absolute atomic E-state index is 12.3. The number of rotatable bonds is 6. The third-order valence-electron chi connectivity index (χ3n) is 3.68. The zero-order chi connectivity index (χ0) is 20.0. The Balaban J connectivity index is 1.57.